The number of fused-ring (bicyclic) bond motifs is 1. The quantitative estimate of drug-likeness (QED) is 0.521. The fourth-order valence-corrected chi connectivity index (χ4v) is 1.85. The van der Waals surface area contributed by atoms with Crippen LogP contribution in [-0.2, 0) is 12.8 Å². The summed E-state index contributed by atoms with van der Waals surface area (Å²) in [6, 6.07) is 6.56. The van der Waals surface area contributed by atoms with Crippen LogP contribution in [0.4, 0.5) is 0 Å². The number of benzene rings is 1. The first-order chi connectivity index (χ1) is 6.90. The molecule has 0 N–H and O–H groups in total. The highest BCUT2D eigenvalue weighted by Crippen LogP contribution is 2.26. The van der Waals surface area contributed by atoms with Crippen LogP contribution in [0.15, 0.2) is 30.9 Å². The average Bonchev–Trinajstić information content (AvgIpc) is 2.65. The van der Waals surface area contributed by atoms with Crippen molar-refractivity contribution in [1.29, 1.82) is 0 Å². The van der Waals surface area contributed by atoms with Crippen LogP contribution in [0.5, 0.6) is 5.75 Å². The van der Waals surface area contributed by atoms with Crippen molar-refractivity contribution in [3.8, 4) is 5.75 Å². The Morgan fingerprint density at radius 2 is 2.36 bits per heavy atom. The van der Waals surface area contributed by atoms with E-state index in [0.717, 1.165) is 31.6 Å². The molecule has 1 aliphatic rings. The summed E-state index contributed by atoms with van der Waals surface area (Å²) < 4.78 is 5.46. The van der Waals surface area contributed by atoms with E-state index >= 15 is 0 Å². The highest BCUT2D eigenvalue weighted by molar-refractivity contribution is 5.39. The average molecular weight is 188 g/mol. The van der Waals surface area contributed by atoms with E-state index in [1.165, 1.54) is 17.5 Å². The molecule has 0 spiro atoms. The third-order valence-electron chi connectivity index (χ3n) is 2.63. The fourth-order valence-electron chi connectivity index (χ4n) is 1.85. The number of aryl methyl sites for hydroxylation is 1. The Morgan fingerprint density at radius 3 is 3.21 bits per heavy atom. The van der Waals surface area contributed by atoms with E-state index in [4.69, 9.17) is 4.74 Å². The summed E-state index contributed by atoms with van der Waals surface area (Å²) >= 11 is 0. The summed E-state index contributed by atoms with van der Waals surface area (Å²) in [6.45, 7) is 4.58. The molecule has 0 radical (unpaired) electrons. The molecule has 1 aliphatic heterocycles. The number of hydrogen-bond acceptors (Lipinski definition) is 1. The minimum atomic E-state index is 0.853. The highest BCUT2D eigenvalue weighted by Gasteiger charge is 2.11. The fraction of sp³-hybridized carbons (Fsp3) is 0.385. The second-order valence-corrected chi connectivity index (χ2v) is 3.72. The van der Waals surface area contributed by atoms with Gasteiger partial charge in [0.25, 0.3) is 0 Å². The van der Waals surface area contributed by atoms with Gasteiger partial charge in [0.1, 0.15) is 5.75 Å². The maximum atomic E-state index is 5.46. The molecule has 1 heteroatoms. The molecule has 0 fully saturated rings. The Balaban J connectivity index is 2.01. The van der Waals surface area contributed by atoms with Crippen LogP contribution in [0.3, 0.4) is 0 Å². The van der Waals surface area contributed by atoms with E-state index in [1.54, 1.807) is 0 Å². The van der Waals surface area contributed by atoms with Crippen LogP contribution in [0.25, 0.3) is 0 Å². The van der Waals surface area contributed by atoms with Crippen molar-refractivity contribution in [1.82, 2.24) is 0 Å². The molecule has 1 aromatic rings. The standard InChI is InChI=1S/C13H16O/c1-2-3-4-5-11-6-7-13-12(10-11)8-9-14-13/h2,6-7,10H,1,3-5,8-9H2. The highest BCUT2D eigenvalue weighted by atomic mass is 16.5. The molecule has 0 bridgehead atoms. The zero-order chi connectivity index (χ0) is 9.80. The Labute approximate surface area is 85.4 Å². The van der Waals surface area contributed by atoms with Gasteiger partial charge in [-0.3, -0.25) is 0 Å². The van der Waals surface area contributed by atoms with Crippen molar-refractivity contribution in [2.75, 3.05) is 6.61 Å². The first kappa shape index (κ1) is 9.32. The predicted octanol–water partition coefficient (Wildman–Crippen LogP) is 3.13. The SMILES string of the molecule is C=CCCCc1ccc2c(c1)CCO2. The van der Waals surface area contributed by atoms with Gasteiger partial charge < -0.3 is 4.74 Å². The van der Waals surface area contributed by atoms with E-state index in [-0.39, 0.29) is 0 Å². The summed E-state index contributed by atoms with van der Waals surface area (Å²) in [5, 5.41) is 0. The first-order valence-electron chi connectivity index (χ1n) is 5.25. The lowest BCUT2D eigenvalue weighted by Gasteiger charge is -2.02. The lowest BCUT2D eigenvalue weighted by atomic mass is 10.0. The third kappa shape index (κ3) is 1.98. The van der Waals surface area contributed by atoms with Crippen molar-refractivity contribution < 1.29 is 4.74 Å². The molecule has 1 aromatic carbocycles. The first-order valence-corrected chi connectivity index (χ1v) is 5.25. The number of rotatable bonds is 4. The summed E-state index contributed by atoms with van der Waals surface area (Å²) in [5.74, 6) is 1.08. The van der Waals surface area contributed by atoms with Gasteiger partial charge in [-0.1, -0.05) is 18.2 Å². The van der Waals surface area contributed by atoms with Crippen LogP contribution in [0.2, 0.25) is 0 Å². The van der Waals surface area contributed by atoms with Gasteiger partial charge in [0.05, 0.1) is 6.61 Å². The molecule has 74 valence electrons. The summed E-state index contributed by atoms with van der Waals surface area (Å²) in [4.78, 5) is 0. The lowest BCUT2D eigenvalue weighted by molar-refractivity contribution is 0.357. The zero-order valence-electron chi connectivity index (χ0n) is 8.46. The van der Waals surface area contributed by atoms with Gasteiger partial charge in [-0.2, -0.15) is 0 Å². The van der Waals surface area contributed by atoms with Gasteiger partial charge in [0.15, 0.2) is 0 Å². The van der Waals surface area contributed by atoms with Gasteiger partial charge in [-0.15, -0.1) is 6.58 Å². The number of ether oxygens (including phenoxy) is 1. The Morgan fingerprint density at radius 1 is 1.43 bits per heavy atom. The lowest BCUT2D eigenvalue weighted by Crippen LogP contribution is -1.86. The molecule has 0 saturated carbocycles. The molecule has 0 amide bonds. The topological polar surface area (TPSA) is 9.23 Å². The van der Waals surface area contributed by atoms with Crippen LogP contribution >= 0.6 is 0 Å². The molecule has 0 unspecified atom stereocenters. The predicted molar refractivity (Wildman–Crippen MR) is 58.8 cm³/mol. The van der Waals surface area contributed by atoms with E-state index in [9.17, 15) is 0 Å². The normalized spacial score (nSPS) is 13.4. The smallest absolute Gasteiger partial charge is 0.122 e. The van der Waals surface area contributed by atoms with Crippen molar-refractivity contribution in [3.05, 3.63) is 42.0 Å². The molecule has 2 rings (SSSR count). The van der Waals surface area contributed by atoms with Crippen LogP contribution in [0, 0.1) is 0 Å². The minimum Gasteiger partial charge on any atom is -0.493 e. The minimum absolute atomic E-state index is 0.853. The van der Waals surface area contributed by atoms with E-state index in [2.05, 4.69) is 24.8 Å². The van der Waals surface area contributed by atoms with Gasteiger partial charge in [0, 0.05) is 6.42 Å². The molecular formula is C13H16O. The van der Waals surface area contributed by atoms with Crippen LogP contribution in [0.1, 0.15) is 24.0 Å². The summed E-state index contributed by atoms with van der Waals surface area (Å²) in [5.41, 5.74) is 2.80. The van der Waals surface area contributed by atoms with Crippen molar-refractivity contribution >= 4 is 0 Å². The maximum absolute atomic E-state index is 5.46. The Kier molecular flexibility index (Phi) is 2.87. The molecule has 14 heavy (non-hydrogen) atoms. The molecule has 1 nitrogen and oxygen atoms in total. The summed E-state index contributed by atoms with van der Waals surface area (Å²) in [6.07, 6.45) is 6.51. The number of unbranched alkanes of at least 4 members (excludes halogenated alkanes) is 1. The van der Waals surface area contributed by atoms with Gasteiger partial charge >= 0.3 is 0 Å². The second kappa shape index (κ2) is 4.32. The van der Waals surface area contributed by atoms with Gasteiger partial charge in [-0.05, 0) is 36.5 Å². The van der Waals surface area contributed by atoms with E-state index < -0.39 is 0 Å². The van der Waals surface area contributed by atoms with Crippen molar-refractivity contribution in [2.24, 2.45) is 0 Å². The van der Waals surface area contributed by atoms with Gasteiger partial charge in [0.2, 0.25) is 0 Å². The molecule has 0 atom stereocenters. The number of hydrogen-bond donors (Lipinski definition) is 0. The molecular weight excluding hydrogens is 172 g/mol. The van der Waals surface area contributed by atoms with E-state index in [0.29, 0.717) is 0 Å². The third-order valence-corrected chi connectivity index (χ3v) is 2.63. The molecule has 0 saturated heterocycles. The Bertz CT molecular complexity index is 328. The summed E-state index contributed by atoms with van der Waals surface area (Å²) in [7, 11) is 0. The molecule has 1 heterocycles. The van der Waals surface area contributed by atoms with Crippen molar-refractivity contribution in [3.63, 3.8) is 0 Å². The van der Waals surface area contributed by atoms with Gasteiger partial charge in [-0.25, -0.2) is 0 Å². The van der Waals surface area contributed by atoms with E-state index in [1.807, 2.05) is 6.08 Å². The zero-order valence-corrected chi connectivity index (χ0v) is 8.46. The van der Waals surface area contributed by atoms with Crippen LogP contribution < -0.4 is 4.74 Å². The maximum Gasteiger partial charge on any atom is 0.122 e. The van der Waals surface area contributed by atoms with Crippen LogP contribution in [-0.4, -0.2) is 6.61 Å². The van der Waals surface area contributed by atoms with Crippen molar-refractivity contribution in [2.45, 2.75) is 25.7 Å². The largest absolute Gasteiger partial charge is 0.493 e. The second-order valence-electron chi connectivity index (χ2n) is 3.72. The number of allylic oxidation sites excluding steroid dienone is 1. The Hall–Kier alpha value is -1.24. The molecule has 0 aliphatic carbocycles. The monoisotopic (exact) mass is 188 g/mol. The molecule has 0 aromatic heterocycles.